The van der Waals surface area contributed by atoms with Crippen LogP contribution in [0.4, 0.5) is 45.5 Å². The van der Waals surface area contributed by atoms with Crippen molar-refractivity contribution in [3.05, 3.63) is 97.6 Å². The third-order valence-corrected chi connectivity index (χ3v) is 12.4. The lowest BCUT2D eigenvalue weighted by atomic mass is 9.57. The van der Waals surface area contributed by atoms with Gasteiger partial charge in [0.2, 0.25) is 23.6 Å². The van der Waals surface area contributed by atoms with Crippen LogP contribution in [0.2, 0.25) is 0 Å². The lowest BCUT2D eigenvalue weighted by molar-refractivity contribution is -0.392. The van der Waals surface area contributed by atoms with Crippen LogP contribution in [0.25, 0.3) is 0 Å². The van der Waals surface area contributed by atoms with Gasteiger partial charge in [-0.1, -0.05) is 11.6 Å². The molecule has 3 aromatic carbocycles. The molecule has 2 heterocycles. The molecular formula is C37H33IN8O14. The lowest BCUT2D eigenvalue weighted by Crippen LogP contribution is -2.43. The Morgan fingerprint density at radius 1 is 0.667 bits per heavy atom. The highest BCUT2D eigenvalue weighted by Crippen LogP contribution is 2.60. The predicted molar refractivity (Wildman–Crippen MR) is 218 cm³/mol. The maximum absolute atomic E-state index is 14.7. The Morgan fingerprint density at radius 2 is 1.10 bits per heavy atom. The van der Waals surface area contributed by atoms with Gasteiger partial charge >= 0.3 is 22.7 Å². The molecule has 0 spiro atoms. The molecule has 6 atom stereocenters. The Hall–Kier alpha value is -6.79. The van der Waals surface area contributed by atoms with E-state index in [4.69, 9.17) is 4.74 Å². The molecule has 23 heteroatoms. The minimum atomic E-state index is -1.26. The Morgan fingerprint density at radius 3 is 1.52 bits per heavy atom. The van der Waals surface area contributed by atoms with Gasteiger partial charge in [0.1, 0.15) is 0 Å². The molecule has 1 saturated carbocycles. The highest BCUT2D eigenvalue weighted by molar-refractivity contribution is 14.1. The van der Waals surface area contributed by atoms with E-state index in [0.29, 0.717) is 20.9 Å². The number of anilines is 4. The number of amides is 4. The quantitative estimate of drug-likeness (QED) is 0.0938. The molecule has 60 heavy (non-hydrogen) atoms. The molecule has 22 nitrogen and oxygen atoms in total. The number of allylic oxidation sites excluding steroid dienone is 2. The van der Waals surface area contributed by atoms with Crippen LogP contribution >= 0.6 is 22.6 Å². The summed E-state index contributed by atoms with van der Waals surface area (Å²) in [4.78, 5) is 107. The Balaban J connectivity index is 1.39. The first-order valence-corrected chi connectivity index (χ1v) is 19.1. The standard InChI is InChI=1S/C37H33IN8O14/c1-39(2)31-23(43(52)53)10-16(11-24(31)44(54)55)41-34(48)19-7-6-18-20(29(19)36(41)50)14-21-30(28(18)15-8-22(38)33(47)27(9-15)60-5)37(51)42(35(21)49)17-12-25(45(56)57)32(40(3)4)26(13-17)46(58)59/h6,8-13,19-21,28-30,47H,7,14H2,1-5H3/t19-,20+,21+,28-,29-,30+/m0/s1. The maximum Gasteiger partial charge on any atom is 0.301 e. The fourth-order valence-electron chi connectivity index (χ4n) is 9.31. The average Bonchev–Trinajstić information content (AvgIpc) is 3.59. The zero-order valence-corrected chi connectivity index (χ0v) is 34.3. The topological polar surface area (TPSA) is 283 Å². The van der Waals surface area contributed by atoms with Crippen molar-refractivity contribution in [2.75, 3.05) is 54.9 Å². The van der Waals surface area contributed by atoms with Gasteiger partial charge in [-0.05, 0) is 59.0 Å². The molecule has 7 rings (SSSR count). The van der Waals surface area contributed by atoms with Crippen molar-refractivity contribution in [1.29, 1.82) is 0 Å². The zero-order valence-electron chi connectivity index (χ0n) is 32.1. The second-order valence-corrected chi connectivity index (χ2v) is 16.2. The van der Waals surface area contributed by atoms with E-state index >= 15 is 0 Å². The number of nitro groups is 4. The van der Waals surface area contributed by atoms with Crippen molar-refractivity contribution in [3.8, 4) is 11.5 Å². The largest absolute Gasteiger partial charge is 0.504 e. The summed E-state index contributed by atoms with van der Waals surface area (Å²) in [7, 11) is 6.73. The van der Waals surface area contributed by atoms with E-state index in [-0.39, 0.29) is 39.3 Å². The van der Waals surface area contributed by atoms with Crippen LogP contribution in [-0.2, 0) is 19.2 Å². The number of benzene rings is 3. The number of hydrogen-bond donors (Lipinski definition) is 1. The summed E-state index contributed by atoms with van der Waals surface area (Å²) in [5.74, 6) is -10.4. The van der Waals surface area contributed by atoms with Crippen molar-refractivity contribution in [3.63, 3.8) is 0 Å². The minimum absolute atomic E-state index is 0.00617. The van der Waals surface area contributed by atoms with E-state index in [9.17, 15) is 64.7 Å². The highest BCUT2D eigenvalue weighted by atomic mass is 127. The first-order chi connectivity index (χ1) is 28.2. The van der Waals surface area contributed by atoms with Gasteiger partial charge in [0.05, 0.1) is 65.4 Å². The molecule has 312 valence electrons. The van der Waals surface area contributed by atoms with Gasteiger partial charge in [0.25, 0.3) is 0 Å². The number of halogens is 1. The van der Waals surface area contributed by atoms with Crippen molar-refractivity contribution in [2.45, 2.75) is 18.8 Å². The SMILES string of the molecule is COc1cc([C@H]2C3=CC[C@@H]4C(=O)N(c5cc([N+](=O)[O-])c(N(C)C)c([N+](=O)[O-])c5)C(=O)[C@@H]4[C@@H]3C[C@H]3C(=O)N(c4cc([N+](=O)[O-])c(N(C)C)c([N+](=O)[O-])c4)C(=O)[C@@H]23)cc(I)c1O. The third kappa shape index (κ3) is 6.21. The monoisotopic (exact) mass is 940 g/mol. The molecule has 3 aromatic rings. The van der Waals surface area contributed by atoms with Crippen LogP contribution < -0.4 is 24.3 Å². The molecule has 2 aliphatic heterocycles. The number of phenols is 1. The number of nitrogens with zero attached hydrogens (tertiary/aromatic N) is 8. The molecule has 3 fully saturated rings. The van der Waals surface area contributed by atoms with Crippen LogP contribution in [0.5, 0.6) is 11.5 Å². The van der Waals surface area contributed by atoms with Gasteiger partial charge in [-0.3, -0.25) is 59.6 Å². The number of hydrogen-bond acceptors (Lipinski definition) is 16. The second kappa shape index (κ2) is 14.8. The van der Waals surface area contributed by atoms with Crippen molar-refractivity contribution in [1.82, 2.24) is 0 Å². The molecule has 0 radical (unpaired) electrons. The fraction of sp³-hybridized carbons (Fsp3) is 0.351. The minimum Gasteiger partial charge on any atom is -0.504 e. The number of aromatic hydroxyl groups is 1. The summed E-state index contributed by atoms with van der Waals surface area (Å²) in [6.07, 6.45) is 1.39. The van der Waals surface area contributed by atoms with Crippen LogP contribution in [0.1, 0.15) is 24.3 Å². The second-order valence-electron chi connectivity index (χ2n) is 15.1. The first-order valence-electron chi connectivity index (χ1n) is 18.0. The van der Waals surface area contributed by atoms with Gasteiger partial charge in [-0.2, -0.15) is 0 Å². The molecular weight excluding hydrogens is 907 g/mol. The Kier molecular flexibility index (Phi) is 10.2. The van der Waals surface area contributed by atoms with E-state index in [1.165, 1.54) is 41.4 Å². The molecule has 0 aromatic heterocycles. The normalized spacial score (nSPS) is 23.1. The van der Waals surface area contributed by atoms with Gasteiger partial charge in [-0.15, -0.1) is 0 Å². The number of fused-ring (bicyclic) bond motifs is 4. The number of phenolic OH excluding ortho intramolecular Hbond substituents is 1. The third-order valence-electron chi connectivity index (χ3n) is 11.6. The Bertz CT molecular complexity index is 2470. The smallest absolute Gasteiger partial charge is 0.301 e. The lowest BCUT2D eigenvalue weighted by Gasteiger charge is -2.44. The number of carbonyl (C=O) groups excluding carboxylic acids is 4. The summed E-state index contributed by atoms with van der Waals surface area (Å²) < 4.78 is 5.70. The molecule has 1 N–H and O–H groups in total. The molecule has 2 saturated heterocycles. The van der Waals surface area contributed by atoms with Crippen LogP contribution in [0, 0.1) is 73.6 Å². The number of nitro benzene ring substituents is 4. The maximum atomic E-state index is 14.7. The fourth-order valence-corrected chi connectivity index (χ4v) is 9.94. The highest BCUT2D eigenvalue weighted by Gasteiger charge is 2.63. The summed E-state index contributed by atoms with van der Waals surface area (Å²) >= 11 is 1.85. The predicted octanol–water partition coefficient (Wildman–Crippen LogP) is 4.82. The van der Waals surface area contributed by atoms with Crippen molar-refractivity contribution in [2.24, 2.45) is 29.6 Å². The van der Waals surface area contributed by atoms with E-state index in [1.807, 2.05) is 22.6 Å². The van der Waals surface area contributed by atoms with E-state index in [0.717, 1.165) is 34.1 Å². The van der Waals surface area contributed by atoms with Gasteiger partial charge < -0.3 is 19.6 Å². The van der Waals surface area contributed by atoms with Crippen LogP contribution in [0.15, 0.2) is 48.0 Å². The molecule has 4 amide bonds. The summed E-state index contributed by atoms with van der Waals surface area (Å²) in [6, 6.07) is 6.62. The number of ether oxygens (including phenoxy) is 1. The number of methoxy groups -OCH3 is 1. The van der Waals surface area contributed by atoms with E-state index < -0.39 is 113 Å². The van der Waals surface area contributed by atoms with Crippen molar-refractivity contribution < 1.29 is 48.7 Å². The first kappa shape index (κ1) is 41.4. The molecule has 2 aliphatic carbocycles. The Labute approximate surface area is 351 Å². The molecule has 0 bridgehead atoms. The number of rotatable bonds is 10. The van der Waals surface area contributed by atoms with Gasteiger partial charge in [-0.25, -0.2) is 9.80 Å². The van der Waals surface area contributed by atoms with Gasteiger partial charge in [0, 0.05) is 58.4 Å². The van der Waals surface area contributed by atoms with Crippen LogP contribution in [0.3, 0.4) is 0 Å². The number of carbonyl (C=O) groups is 4. The van der Waals surface area contributed by atoms with Crippen molar-refractivity contribution >= 4 is 91.7 Å². The van der Waals surface area contributed by atoms with Gasteiger partial charge in [0.15, 0.2) is 22.9 Å². The zero-order chi connectivity index (χ0) is 44.0. The number of imide groups is 2. The van der Waals surface area contributed by atoms with E-state index in [2.05, 4.69) is 0 Å². The summed E-state index contributed by atoms with van der Waals surface area (Å²) in [6.45, 7) is 0. The molecule has 0 unspecified atom stereocenters. The van der Waals surface area contributed by atoms with Crippen LogP contribution in [-0.4, -0.2) is 83.7 Å². The average molecular weight is 941 g/mol. The van der Waals surface area contributed by atoms with E-state index in [1.54, 1.807) is 12.1 Å². The summed E-state index contributed by atoms with van der Waals surface area (Å²) in [5.41, 5.74) is -3.72. The molecule has 4 aliphatic rings. The summed E-state index contributed by atoms with van der Waals surface area (Å²) in [5, 5.41) is 59.6.